The van der Waals surface area contributed by atoms with Gasteiger partial charge in [0, 0.05) is 36.6 Å². The van der Waals surface area contributed by atoms with Gasteiger partial charge in [-0.2, -0.15) is 0 Å². The summed E-state index contributed by atoms with van der Waals surface area (Å²) in [6, 6.07) is 24.9. The SMILES string of the molecule is Cc1ccc(N2C(=O)c3cc(N4CCCC4)ccc3NC2Cc2ccccc2)cc1. The number of rotatable bonds is 4. The van der Waals surface area contributed by atoms with Crippen LogP contribution in [0.3, 0.4) is 0 Å². The first-order valence-corrected chi connectivity index (χ1v) is 10.8. The number of anilines is 3. The number of nitrogens with one attached hydrogen (secondary N) is 1. The van der Waals surface area contributed by atoms with Crippen molar-refractivity contribution in [3.63, 3.8) is 0 Å². The summed E-state index contributed by atoms with van der Waals surface area (Å²) in [5, 5.41) is 3.64. The second kappa shape index (κ2) is 7.86. The molecule has 5 rings (SSSR count). The molecule has 1 unspecified atom stereocenters. The predicted molar refractivity (Wildman–Crippen MR) is 123 cm³/mol. The van der Waals surface area contributed by atoms with Gasteiger partial charge in [0.05, 0.1) is 5.56 Å². The van der Waals surface area contributed by atoms with E-state index in [0.717, 1.165) is 42.1 Å². The molecule has 3 aromatic carbocycles. The van der Waals surface area contributed by atoms with Crippen molar-refractivity contribution in [2.75, 3.05) is 28.2 Å². The van der Waals surface area contributed by atoms with E-state index in [2.05, 4.69) is 59.6 Å². The van der Waals surface area contributed by atoms with Gasteiger partial charge >= 0.3 is 0 Å². The van der Waals surface area contributed by atoms with Gasteiger partial charge in [0.1, 0.15) is 6.17 Å². The monoisotopic (exact) mass is 397 g/mol. The molecule has 0 aromatic heterocycles. The van der Waals surface area contributed by atoms with Crippen LogP contribution in [0, 0.1) is 6.92 Å². The molecule has 2 heterocycles. The molecule has 4 nitrogen and oxygen atoms in total. The molecular weight excluding hydrogens is 370 g/mol. The van der Waals surface area contributed by atoms with E-state index in [0.29, 0.717) is 0 Å². The van der Waals surface area contributed by atoms with Crippen LogP contribution in [0.25, 0.3) is 0 Å². The Morgan fingerprint density at radius 2 is 1.60 bits per heavy atom. The lowest BCUT2D eigenvalue weighted by Crippen LogP contribution is -2.50. The minimum atomic E-state index is -0.132. The van der Waals surface area contributed by atoms with E-state index in [1.165, 1.54) is 24.0 Å². The van der Waals surface area contributed by atoms with E-state index < -0.39 is 0 Å². The van der Waals surface area contributed by atoms with Gasteiger partial charge in [-0.1, -0.05) is 48.0 Å². The van der Waals surface area contributed by atoms with Crippen molar-refractivity contribution in [3.8, 4) is 0 Å². The Bertz CT molecular complexity index is 1040. The van der Waals surface area contributed by atoms with Crippen LogP contribution in [0.1, 0.15) is 34.3 Å². The van der Waals surface area contributed by atoms with E-state index in [1.807, 2.05) is 35.2 Å². The van der Waals surface area contributed by atoms with E-state index in [4.69, 9.17) is 0 Å². The highest BCUT2D eigenvalue weighted by molar-refractivity contribution is 6.12. The smallest absolute Gasteiger partial charge is 0.262 e. The number of amides is 1. The highest BCUT2D eigenvalue weighted by Crippen LogP contribution is 2.34. The summed E-state index contributed by atoms with van der Waals surface area (Å²) in [5.41, 5.74) is 6.14. The van der Waals surface area contributed by atoms with Crippen molar-refractivity contribution >= 4 is 23.0 Å². The number of hydrogen-bond acceptors (Lipinski definition) is 3. The molecule has 1 saturated heterocycles. The van der Waals surface area contributed by atoms with Gasteiger partial charge in [0.2, 0.25) is 0 Å². The zero-order valence-corrected chi connectivity index (χ0v) is 17.3. The summed E-state index contributed by atoms with van der Waals surface area (Å²) in [7, 11) is 0. The van der Waals surface area contributed by atoms with Crippen LogP contribution in [-0.2, 0) is 6.42 Å². The summed E-state index contributed by atoms with van der Waals surface area (Å²) >= 11 is 0. The molecule has 4 heteroatoms. The van der Waals surface area contributed by atoms with Crippen molar-refractivity contribution in [1.82, 2.24) is 0 Å². The Kier molecular flexibility index (Phi) is 4.91. The van der Waals surface area contributed by atoms with Crippen molar-refractivity contribution in [3.05, 3.63) is 89.5 Å². The molecule has 1 atom stereocenters. The third kappa shape index (κ3) is 3.54. The number of hydrogen-bond donors (Lipinski definition) is 1. The summed E-state index contributed by atoms with van der Waals surface area (Å²) in [4.78, 5) is 18.0. The molecule has 1 amide bonds. The maximum atomic E-state index is 13.7. The van der Waals surface area contributed by atoms with Crippen LogP contribution >= 0.6 is 0 Å². The van der Waals surface area contributed by atoms with Crippen LogP contribution in [0.2, 0.25) is 0 Å². The Hall–Kier alpha value is -3.27. The molecule has 2 aliphatic rings. The molecule has 0 bridgehead atoms. The highest BCUT2D eigenvalue weighted by atomic mass is 16.2. The van der Waals surface area contributed by atoms with Gasteiger partial charge in [-0.15, -0.1) is 0 Å². The Morgan fingerprint density at radius 3 is 2.33 bits per heavy atom. The number of aryl methyl sites for hydroxylation is 1. The fraction of sp³-hybridized carbons (Fsp3) is 0.269. The number of carbonyl (C=O) groups excluding carboxylic acids is 1. The maximum absolute atomic E-state index is 13.7. The van der Waals surface area contributed by atoms with Crippen molar-refractivity contribution in [2.45, 2.75) is 32.4 Å². The van der Waals surface area contributed by atoms with Crippen LogP contribution in [0.5, 0.6) is 0 Å². The third-order valence-electron chi connectivity index (χ3n) is 6.14. The lowest BCUT2D eigenvalue weighted by Gasteiger charge is -2.38. The lowest BCUT2D eigenvalue weighted by atomic mass is 10.0. The molecule has 0 radical (unpaired) electrons. The second-order valence-corrected chi connectivity index (χ2v) is 8.28. The quantitative estimate of drug-likeness (QED) is 0.654. The largest absolute Gasteiger partial charge is 0.372 e. The molecule has 0 saturated carbocycles. The van der Waals surface area contributed by atoms with Crippen molar-refractivity contribution < 1.29 is 4.79 Å². The summed E-state index contributed by atoms with van der Waals surface area (Å²) in [6.07, 6.45) is 3.05. The Morgan fingerprint density at radius 1 is 0.900 bits per heavy atom. The normalized spacial score (nSPS) is 18.3. The van der Waals surface area contributed by atoms with Crippen LogP contribution in [0.15, 0.2) is 72.8 Å². The highest BCUT2D eigenvalue weighted by Gasteiger charge is 2.33. The van der Waals surface area contributed by atoms with E-state index in [-0.39, 0.29) is 12.1 Å². The van der Waals surface area contributed by atoms with E-state index in [9.17, 15) is 4.79 Å². The summed E-state index contributed by atoms with van der Waals surface area (Å²) in [6.45, 7) is 4.20. The predicted octanol–water partition coefficient (Wildman–Crippen LogP) is 5.24. The standard InChI is InChI=1S/C26H27N3O/c1-19-9-11-21(12-10-19)29-25(17-20-7-3-2-4-8-20)27-24-14-13-22(18-23(24)26(29)30)28-15-5-6-16-28/h2-4,7-14,18,25,27H,5-6,15-17H2,1H3. The summed E-state index contributed by atoms with van der Waals surface area (Å²) < 4.78 is 0. The first kappa shape index (κ1) is 18.7. The van der Waals surface area contributed by atoms with Gasteiger partial charge in [-0.25, -0.2) is 0 Å². The molecule has 2 aliphatic heterocycles. The van der Waals surface area contributed by atoms with Gasteiger partial charge in [0.25, 0.3) is 5.91 Å². The average molecular weight is 398 g/mol. The molecule has 3 aromatic rings. The Balaban J connectivity index is 1.54. The number of nitrogens with zero attached hydrogens (tertiary/aromatic N) is 2. The van der Waals surface area contributed by atoms with E-state index in [1.54, 1.807) is 0 Å². The molecule has 0 aliphatic carbocycles. The van der Waals surface area contributed by atoms with Gasteiger partial charge in [-0.3, -0.25) is 9.69 Å². The molecule has 1 fully saturated rings. The van der Waals surface area contributed by atoms with E-state index >= 15 is 0 Å². The average Bonchev–Trinajstić information content (AvgIpc) is 3.31. The molecular formula is C26H27N3O. The first-order chi connectivity index (χ1) is 14.7. The van der Waals surface area contributed by atoms with Gasteiger partial charge in [-0.05, 0) is 55.7 Å². The van der Waals surface area contributed by atoms with Gasteiger partial charge < -0.3 is 10.2 Å². The number of benzene rings is 3. The molecule has 152 valence electrons. The van der Waals surface area contributed by atoms with Gasteiger partial charge in [0.15, 0.2) is 0 Å². The molecule has 0 spiro atoms. The fourth-order valence-corrected chi connectivity index (χ4v) is 4.50. The zero-order chi connectivity index (χ0) is 20.5. The fourth-order valence-electron chi connectivity index (χ4n) is 4.50. The van der Waals surface area contributed by atoms with Crippen LogP contribution in [-0.4, -0.2) is 25.2 Å². The van der Waals surface area contributed by atoms with Crippen molar-refractivity contribution in [2.24, 2.45) is 0 Å². The van der Waals surface area contributed by atoms with Crippen molar-refractivity contribution in [1.29, 1.82) is 0 Å². The molecule has 30 heavy (non-hydrogen) atoms. The van der Waals surface area contributed by atoms with Crippen LogP contribution in [0.4, 0.5) is 17.1 Å². The zero-order valence-electron chi connectivity index (χ0n) is 17.3. The second-order valence-electron chi connectivity index (χ2n) is 8.28. The lowest BCUT2D eigenvalue weighted by molar-refractivity contribution is 0.0975. The third-order valence-corrected chi connectivity index (χ3v) is 6.14. The molecule has 1 N–H and O–H groups in total. The summed E-state index contributed by atoms with van der Waals surface area (Å²) in [5.74, 6) is 0.0644. The Labute approximate surface area is 178 Å². The maximum Gasteiger partial charge on any atom is 0.262 e. The number of carbonyl (C=O) groups is 1. The topological polar surface area (TPSA) is 35.6 Å². The first-order valence-electron chi connectivity index (χ1n) is 10.8. The minimum absolute atomic E-state index is 0.0644. The minimum Gasteiger partial charge on any atom is -0.372 e. The van der Waals surface area contributed by atoms with Crippen LogP contribution < -0.4 is 15.1 Å². The number of fused-ring (bicyclic) bond motifs is 1.